The predicted molar refractivity (Wildman–Crippen MR) is 78.4 cm³/mol. The zero-order valence-electron chi connectivity index (χ0n) is 11.8. The fourth-order valence-electron chi connectivity index (χ4n) is 2.14. The standard InChI is InChI=1S/C13H14N2O5S/c1-7-4-11-10(5-9(7)8(2)16)12(17)15(13(18)14-11)6-21(3,19)20/h4-5H,6H2,1-3H3,(H,14,18). The van der Waals surface area contributed by atoms with E-state index in [1.54, 1.807) is 6.92 Å². The maximum Gasteiger partial charge on any atom is 0.329 e. The molecule has 0 atom stereocenters. The Morgan fingerprint density at radius 2 is 1.90 bits per heavy atom. The van der Waals surface area contributed by atoms with Crippen molar-refractivity contribution in [3.8, 4) is 0 Å². The third-order valence-corrected chi connectivity index (χ3v) is 3.80. The highest BCUT2D eigenvalue weighted by atomic mass is 32.2. The third-order valence-electron chi connectivity index (χ3n) is 3.07. The van der Waals surface area contributed by atoms with Gasteiger partial charge < -0.3 is 4.98 Å². The Kier molecular flexibility index (Phi) is 3.58. The van der Waals surface area contributed by atoms with Crippen LogP contribution in [0, 0.1) is 6.92 Å². The summed E-state index contributed by atoms with van der Waals surface area (Å²) in [6, 6.07) is 2.91. The van der Waals surface area contributed by atoms with E-state index in [1.807, 2.05) is 0 Å². The number of hydrogen-bond donors (Lipinski definition) is 1. The molecule has 8 heteroatoms. The molecule has 0 saturated carbocycles. The zero-order valence-corrected chi connectivity index (χ0v) is 12.6. The van der Waals surface area contributed by atoms with Crippen molar-refractivity contribution in [3.63, 3.8) is 0 Å². The molecule has 1 N–H and O–H groups in total. The summed E-state index contributed by atoms with van der Waals surface area (Å²) in [7, 11) is -3.55. The van der Waals surface area contributed by atoms with Crippen LogP contribution in [0.3, 0.4) is 0 Å². The number of aryl methyl sites for hydroxylation is 1. The highest BCUT2D eigenvalue weighted by Crippen LogP contribution is 2.15. The molecule has 0 fully saturated rings. The van der Waals surface area contributed by atoms with Crippen molar-refractivity contribution in [3.05, 3.63) is 44.1 Å². The van der Waals surface area contributed by atoms with Crippen molar-refractivity contribution in [2.24, 2.45) is 0 Å². The Balaban J connectivity index is 2.88. The summed E-state index contributed by atoms with van der Waals surface area (Å²) in [6.07, 6.45) is 0.930. The Morgan fingerprint density at radius 1 is 1.29 bits per heavy atom. The van der Waals surface area contributed by atoms with Crippen LogP contribution < -0.4 is 11.2 Å². The lowest BCUT2D eigenvalue weighted by Crippen LogP contribution is -2.37. The van der Waals surface area contributed by atoms with E-state index in [2.05, 4.69) is 4.98 Å². The number of hydrogen-bond acceptors (Lipinski definition) is 5. The first-order valence-corrected chi connectivity index (χ1v) is 8.12. The first kappa shape index (κ1) is 15.2. The van der Waals surface area contributed by atoms with Gasteiger partial charge in [0.15, 0.2) is 15.6 Å². The number of benzene rings is 1. The molecule has 1 aromatic heterocycles. The van der Waals surface area contributed by atoms with Crippen LogP contribution >= 0.6 is 0 Å². The Hall–Kier alpha value is -2.22. The van der Waals surface area contributed by atoms with Crippen LogP contribution in [-0.2, 0) is 15.7 Å². The molecule has 0 unspecified atom stereocenters. The molecule has 0 saturated heterocycles. The largest absolute Gasteiger partial charge is 0.329 e. The molecule has 2 rings (SSSR count). The van der Waals surface area contributed by atoms with Crippen LogP contribution in [0.2, 0.25) is 0 Å². The van der Waals surface area contributed by atoms with Gasteiger partial charge in [-0.05, 0) is 31.5 Å². The topological polar surface area (TPSA) is 106 Å². The van der Waals surface area contributed by atoms with Crippen LogP contribution in [0.25, 0.3) is 10.9 Å². The minimum Gasteiger partial charge on any atom is -0.307 e. The van der Waals surface area contributed by atoms with E-state index in [0.29, 0.717) is 15.7 Å². The molecule has 21 heavy (non-hydrogen) atoms. The van der Waals surface area contributed by atoms with Gasteiger partial charge in [-0.2, -0.15) is 0 Å². The van der Waals surface area contributed by atoms with Crippen LogP contribution in [0.5, 0.6) is 0 Å². The van der Waals surface area contributed by atoms with Crippen molar-refractivity contribution in [1.29, 1.82) is 0 Å². The number of H-pyrrole nitrogens is 1. The summed E-state index contributed by atoms with van der Waals surface area (Å²) in [5.41, 5.74) is -0.268. The smallest absolute Gasteiger partial charge is 0.307 e. The third kappa shape index (κ3) is 2.94. The molecular weight excluding hydrogens is 296 g/mol. The van der Waals surface area contributed by atoms with Crippen molar-refractivity contribution in [1.82, 2.24) is 9.55 Å². The number of aromatic nitrogens is 2. The van der Waals surface area contributed by atoms with Crippen molar-refractivity contribution >= 4 is 26.5 Å². The van der Waals surface area contributed by atoms with E-state index in [1.165, 1.54) is 19.1 Å². The van der Waals surface area contributed by atoms with Gasteiger partial charge in [-0.3, -0.25) is 9.59 Å². The number of sulfone groups is 1. The normalized spacial score (nSPS) is 11.8. The van der Waals surface area contributed by atoms with Crippen LogP contribution in [0.15, 0.2) is 21.7 Å². The molecule has 1 aromatic carbocycles. The van der Waals surface area contributed by atoms with Crippen LogP contribution in [-0.4, -0.2) is 30.0 Å². The van der Waals surface area contributed by atoms with Gasteiger partial charge in [0.25, 0.3) is 5.56 Å². The summed E-state index contributed by atoms with van der Waals surface area (Å²) >= 11 is 0. The van der Waals surface area contributed by atoms with Gasteiger partial charge >= 0.3 is 5.69 Å². The Morgan fingerprint density at radius 3 is 2.43 bits per heavy atom. The number of nitrogens with zero attached hydrogens (tertiary/aromatic N) is 1. The minimum absolute atomic E-state index is 0.106. The second-order valence-electron chi connectivity index (χ2n) is 4.99. The molecule has 112 valence electrons. The molecule has 0 radical (unpaired) electrons. The first-order valence-electron chi connectivity index (χ1n) is 6.06. The van der Waals surface area contributed by atoms with Gasteiger partial charge in [0.1, 0.15) is 5.88 Å². The first-order chi connectivity index (χ1) is 9.60. The summed E-state index contributed by atoms with van der Waals surface area (Å²) in [6.45, 7) is 3.06. The Labute approximate surface area is 120 Å². The number of rotatable bonds is 3. The molecule has 0 aliphatic carbocycles. The molecule has 0 aliphatic heterocycles. The molecule has 0 spiro atoms. The summed E-state index contributed by atoms with van der Waals surface area (Å²) in [5, 5.41) is 0.106. The summed E-state index contributed by atoms with van der Waals surface area (Å²) < 4.78 is 23.2. The highest BCUT2D eigenvalue weighted by Gasteiger charge is 2.14. The van der Waals surface area contributed by atoms with Crippen molar-refractivity contribution in [2.75, 3.05) is 6.26 Å². The number of carbonyl (C=O) groups excluding carboxylic acids is 1. The number of Topliss-reactive ketones (excluding diaryl/α,β-unsaturated/α-hetero) is 1. The molecular formula is C13H14N2O5S. The second kappa shape index (κ2) is 4.96. The van der Waals surface area contributed by atoms with Crippen LogP contribution in [0.4, 0.5) is 0 Å². The van der Waals surface area contributed by atoms with E-state index in [0.717, 1.165) is 6.26 Å². The predicted octanol–water partition coefficient (Wildman–Crippen LogP) is 0.203. The van der Waals surface area contributed by atoms with E-state index >= 15 is 0 Å². The highest BCUT2D eigenvalue weighted by molar-refractivity contribution is 7.89. The number of ketones is 1. The van der Waals surface area contributed by atoms with Gasteiger partial charge in [0, 0.05) is 11.8 Å². The molecule has 1 heterocycles. The SMILES string of the molecule is CC(=O)c1cc2c(=O)n(CS(C)(=O)=O)c(=O)[nH]c2cc1C. The van der Waals surface area contributed by atoms with Gasteiger partial charge in [-0.15, -0.1) is 0 Å². The molecule has 0 aliphatic rings. The number of carbonyl (C=O) groups is 1. The quantitative estimate of drug-likeness (QED) is 0.815. The van der Waals surface area contributed by atoms with Crippen molar-refractivity contribution in [2.45, 2.75) is 19.7 Å². The average molecular weight is 310 g/mol. The van der Waals surface area contributed by atoms with E-state index in [4.69, 9.17) is 0 Å². The fourth-order valence-corrected chi connectivity index (χ4v) is 2.84. The maximum atomic E-state index is 12.3. The monoisotopic (exact) mass is 310 g/mol. The number of aromatic amines is 1. The second-order valence-corrected chi connectivity index (χ2v) is 7.10. The molecule has 0 amide bonds. The zero-order chi connectivity index (χ0) is 15.9. The van der Waals surface area contributed by atoms with Gasteiger partial charge in [-0.1, -0.05) is 0 Å². The van der Waals surface area contributed by atoms with Crippen molar-refractivity contribution < 1.29 is 13.2 Å². The average Bonchev–Trinajstić information content (AvgIpc) is 2.32. The van der Waals surface area contributed by atoms with Gasteiger partial charge in [0.2, 0.25) is 0 Å². The number of nitrogens with one attached hydrogen (secondary N) is 1. The fraction of sp³-hybridized carbons (Fsp3) is 0.308. The summed E-state index contributed by atoms with van der Waals surface area (Å²) in [4.78, 5) is 38.1. The lowest BCUT2D eigenvalue weighted by atomic mass is 10.0. The maximum absolute atomic E-state index is 12.3. The lowest BCUT2D eigenvalue weighted by molar-refractivity contribution is 0.101. The van der Waals surface area contributed by atoms with E-state index in [-0.39, 0.29) is 16.7 Å². The van der Waals surface area contributed by atoms with Crippen LogP contribution in [0.1, 0.15) is 22.8 Å². The molecule has 2 aromatic rings. The summed E-state index contributed by atoms with van der Waals surface area (Å²) in [5.74, 6) is -0.921. The number of fused-ring (bicyclic) bond motifs is 1. The minimum atomic E-state index is -3.55. The van der Waals surface area contributed by atoms with Gasteiger partial charge in [-0.25, -0.2) is 17.8 Å². The molecule has 7 nitrogen and oxygen atoms in total. The lowest BCUT2D eigenvalue weighted by Gasteiger charge is -2.08. The van der Waals surface area contributed by atoms with Gasteiger partial charge in [0.05, 0.1) is 10.9 Å². The van der Waals surface area contributed by atoms with E-state index < -0.39 is 27.0 Å². The molecule has 0 bridgehead atoms. The Bertz CT molecular complexity index is 966. The van der Waals surface area contributed by atoms with E-state index in [9.17, 15) is 22.8 Å².